The molecule has 0 atom stereocenters. The van der Waals surface area contributed by atoms with Crippen molar-refractivity contribution in [2.45, 2.75) is 39.3 Å². The minimum absolute atomic E-state index is 0.0270. The van der Waals surface area contributed by atoms with Crippen LogP contribution in [-0.2, 0) is 19.5 Å². The van der Waals surface area contributed by atoms with Crippen LogP contribution in [0.3, 0.4) is 0 Å². The highest BCUT2D eigenvalue weighted by Gasteiger charge is 2.26. The topological polar surface area (TPSA) is 138 Å². The van der Waals surface area contributed by atoms with E-state index in [4.69, 9.17) is 5.73 Å². The van der Waals surface area contributed by atoms with Gasteiger partial charge >= 0.3 is 0 Å². The van der Waals surface area contributed by atoms with Gasteiger partial charge in [0, 0.05) is 19.6 Å². The van der Waals surface area contributed by atoms with Crippen molar-refractivity contribution in [3.8, 4) is 0 Å². The number of nitrogen functional groups attached to an aromatic ring is 1. The molecule has 5 rings (SSSR count). The number of H-pyrrole nitrogens is 1. The molecule has 0 aliphatic carbocycles. The average Bonchev–Trinajstić information content (AvgIpc) is 2.86. The Kier molecular flexibility index (Phi) is 5.47. The monoisotopic (exact) mass is 471 g/mol. The highest BCUT2D eigenvalue weighted by atomic mass is 16.2. The number of amides is 1. The number of fused-ring (bicyclic) bond motifs is 2. The van der Waals surface area contributed by atoms with Crippen LogP contribution in [0, 0.1) is 0 Å². The van der Waals surface area contributed by atoms with Gasteiger partial charge in [-0.15, -0.1) is 0 Å². The first-order valence-corrected chi connectivity index (χ1v) is 11.5. The summed E-state index contributed by atoms with van der Waals surface area (Å²) in [4.78, 5) is 57.4. The first-order valence-electron chi connectivity index (χ1n) is 11.5. The molecule has 4 aromatic rings. The van der Waals surface area contributed by atoms with E-state index in [1.54, 1.807) is 12.1 Å². The van der Waals surface area contributed by atoms with Crippen molar-refractivity contribution in [1.29, 1.82) is 0 Å². The van der Waals surface area contributed by atoms with Crippen LogP contribution in [0.15, 0.2) is 50.8 Å². The fourth-order valence-corrected chi connectivity index (χ4v) is 4.51. The van der Waals surface area contributed by atoms with E-state index in [2.05, 4.69) is 15.3 Å². The Balaban J connectivity index is 1.31. The van der Waals surface area contributed by atoms with E-state index >= 15 is 0 Å². The number of carbonyl (C=O) groups is 1. The number of anilines is 2. The summed E-state index contributed by atoms with van der Waals surface area (Å²) in [6, 6.07) is 11.4. The number of aromatic amines is 1. The first kappa shape index (κ1) is 22.5. The lowest BCUT2D eigenvalue weighted by atomic mass is 9.96. The summed E-state index contributed by atoms with van der Waals surface area (Å²) >= 11 is 0. The maximum Gasteiger partial charge on any atom is 0.287 e. The molecule has 9 heteroatoms. The number of hydrogen-bond acceptors (Lipinski definition) is 7. The molecule has 1 aliphatic rings. The Morgan fingerprint density at radius 3 is 2.66 bits per heavy atom. The van der Waals surface area contributed by atoms with Gasteiger partial charge in [0.2, 0.25) is 0 Å². The zero-order valence-electron chi connectivity index (χ0n) is 19.5. The molecule has 1 amide bonds. The summed E-state index contributed by atoms with van der Waals surface area (Å²) < 4.78 is 0. The predicted octanol–water partition coefficient (Wildman–Crippen LogP) is 1.72. The van der Waals surface area contributed by atoms with E-state index in [0.29, 0.717) is 29.7 Å². The molecule has 35 heavy (non-hydrogen) atoms. The highest BCUT2D eigenvalue weighted by Crippen LogP contribution is 2.26. The van der Waals surface area contributed by atoms with Crippen molar-refractivity contribution < 1.29 is 4.79 Å². The van der Waals surface area contributed by atoms with Crippen LogP contribution in [-0.4, -0.2) is 22.4 Å². The standard InChI is InChI=1S/C26H25N5O4/c1-13(2)16-5-6-19-18(10-16)25(34)30-24(29-19)26(35)28-11-14-3-4-15-7-8-31(12-17(15)9-14)21-20(27)22(32)23(21)33/h3-6,9-10,13H,7-8,11-12,27H2,1-2H3,(H,28,35)(H,29,30,34). The van der Waals surface area contributed by atoms with Gasteiger partial charge in [-0.1, -0.05) is 38.1 Å². The molecular formula is C26H25N5O4. The second-order valence-corrected chi connectivity index (χ2v) is 9.22. The Labute approximate surface area is 200 Å². The third-order valence-electron chi connectivity index (χ3n) is 6.58. The molecule has 4 N–H and O–H groups in total. The van der Waals surface area contributed by atoms with Crippen LogP contribution in [0.25, 0.3) is 10.9 Å². The summed E-state index contributed by atoms with van der Waals surface area (Å²) in [5.41, 5.74) is 9.06. The zero-order valence-corrected chi connectivity index (χ0v) is 19.5. The molecular weight excluding hydrogens is 446 g/mol. The van der Waals surface area contributed by atoms with Crippen LogP contribution in [0.2, 0.25) is 0 Å². The quantitative estimate of drug-likeness (QED) is 0.377. The zero-order chi connectivity index (χ0) is 24.9. The van der Waals surface area contributed by atoms with Crippen LogP contribution < -0.4 is 32.4 Å². The van der Waals surface area contributed by atoms with E-state index in [1.165, 1.54) is 0 Å². The highest BCUT2D eigenvalue weighted by molar-refractivity contribution is 5.92. The lowest BCUT2D eigenvalue weighted by Gasteiger charge is -2.32. The van der Waals surface area contributed by atoms with Gasteiger partial charge in [-0.25, -0.2) is 4.98 Å². The van der Waals surface area contributed by atoms with Crippen LogP contribution in [0.5, 0.6) is 0 Å². The van der Waals surface area contributed by atoms with Gasteiger partial charge in [0.25, 0.3) is 22.3 Å². The Morgan fingerprint density at radius 1 is 1.11 bits per heavy atom. The van der Waals surface area contributed by atoms with Crippen molar-refractivity contribution in [1.82, 2.24) is 15.3 Å². The number of rotatable bonds is 5. The molecule has 0 saturated heterocycles. The largest absolute Gasteiger partial charge is 0.394 e. The Hall–Kier alpha value is -4.27. The molecule has 0 unspecified atom stereocenters. The van der Waals surface area contributed by atoms with Gasteiger partial charge in [0.05, 0.1) is 10.9 Å². The number of nitrogens with zero attached hydrogens (tertiary/aromatic N) is 2. The van der Waals surface area contributed by atoms with Gasteiger partial charge in [0.1, 0.15) is 11.4 Å². The van der Waals surface area contributed by atoms with Crippen molar-refractivity contribution in [3.05, 3.63) is 95.3 Å². The summed E-state index contributed by atoms with van der Waals surface area (Å²) in [7, 11) is 0. The lowest BCUT2D eigenvalue weighted by molar-refractivity contribution is 0.0940. The summed E-state index contributed by atoms with van der Waals surface area (Å²) in [5, 5.41) is 3.26. The fourth-order valence-electron chi connectivity index (χ4n) is 4.51. The van der Waals surface area contributed by atoms with Gasteiger partial charge in [-0.05, 0) is 46.7 Å². The maximum atomic E-state index is 12.7. The van der Waals surface area contributed by atoms with E-state index in [-0.39, 0.29) is 29.5 Å². The molecule has 1 aliphatic heterocycles. The molecule has 3 aromatic carbocycles. The molecule has 0 bridgehead atoms. The minimum atomic E-state index is -0.622. The van der Waals surface area contributed by atoms with Crippen LogP contribution in [0.1, 0.15) is 52.6 Å². The molecule has 178 valence electrons. The summed E-state index contributed by atoms with van der Waals surface area (Å²) in [5.74, 6) is -0.247. The second-order valence-electron chi connectivity index (χ2n) is 9.22. The van der Waals surface area contributed by atoms with Gasteiger partial charge < -0.3 is 20.9 Å². The van der Waals surface area contributed by atoms with Crippen LogP contribution >= 0.6 is 0 Å². The molecule has 0 radical (unpaired) electrons. The molecule has 0 spiro atoms. The first-order chi connectivity index (χ1) is 16.7. The van der Waals surface area contributed by atoms with E-state index in [9.17, 15) is 19.2 Å². The fraction of sp³-hybridized carbons (Fsp3) is 0.269. The van der Waals surface area contributed by atoms with E-state index in [1.807, 2.05) is 43.0 Å². The smallest absolute Gasteiger partial charge is 0.287 e. The van der Waals surface area contributed by atoms with Crippen molar-refractivity contribution in [2.75, 3.05) is 17.2 Å². The van der Waals surface area contributed by atoms with Gasteiger partial charge in [-0.2, -0.15) is 0 Å². The van der Waals surface area contributed by atoms with Crippen molar-refractivity contribution in [3.63, 3.8) is 0 Å². The molecule has 1 aromatic heterocycles. The molecule has 2 heterocycles. The van der Waals surface area contributed by atoms with Crippen LogP contribution in [0.4, 0.5) is 11.4 Å². The van der Waals surface area contributed by atoms with E-state index < -0.39 is 16.8 Å². The van der Waals surface area contributed by atoms with Gasteiger partial charge in [0.15, 0.2) is 5.82 Å². The molecule has 0 saturated carbocycles. The van der Waals surface area contributed by atoms with E-state index in [0.717, 1.165) is 28.7 Å². The Bertz CT molecular complexity index is 1610. The molecule has 9 nitrogen and oxygen atoms in total. The lowest BCUT2D eigenvalue weighted by Crippen LogP contribution is -2.44. The number of nitrogens with one attached hydrogen (secondary N) is 2. The van der Waals surface area contributed by atoms with Crippen molar-refractivity contribution >= 4 is 28.2 Å². The number of nitrogens with two attached hydrogens (primary N) is 1. The molecule has 0 fully saturated rings. The third-order valence-corrected chi connectivity index (χ3v) is 6.58. The van der Waals surface area contributed by atoms with Gasteiger partial charge in [-0.3, -0.25) is 19.2 Å². The average molecular weight is 472 g/mol. The normalized spacial score (nSPS) is 13.4. The number of benzene rings is 2. The Morgan fingerprint density at radius 2 is 1.91 bits per heavy atom. The minimum Gasteiger partial charge on any atom is -0.394 e. The summed E-state index contributed by atoms with van der Waals surface area (Å²) in [6.07, 6.45) is 0.723. The SMILES string of the molecule is CC(C)c1ccc2nc(C(=O)NCc3ccc4c(c3)CN(c3c(N)c(=O)c3=O)CC4)[nH]c(=O)c2c1. The number of aromatic nitrogens is 2. The van der Waals surface area contributed by atoms with Crippen molar-refractivity contribution in [2.24, 2.45) is 0 Å². The third kappa shape index (κ3) is 3.99. The maximum absolute atomic E-state index is 12.7. The number of hydrogen-bond donors (Lipinski definition) is 3. The number of carbonyl (C=O) groups excluding carboxylic acids is 1. The predicted molar refractivity (Wildman–Crippen MR) is 135 cm³/mol. The second kappa shape index (κ2) is 8.50. The summed E-state index contributed by atoms with van der Waals surface area (Å²) in [6.45, 7) is 5.40.